The Morgan fingerprint density at radius 2 is 1.55 bits per heavy atom. The lowest BCUT2D eigenvalue weighted by atomic mass is 10.1. The van der Waals surface area contributed by atoms with E-state index in [1.165, 1.54) is 16.7 Å². The van der Waals surface area contributed by atoms with E-state index in [9.17, 15) is 18.0 Å². The molecule has 0 saturated heterocycles. The summed E-state index contributed by atoms with van der Waals surface area (Å²) in [5.74, 6) is -0.461. The smallest absolute Gasteiger partial charge is 0.264 e. The Morgan fingerprint density at radius 1 is 0.925 bits per heavy atom. The predicted octanol–water partition coefficient (Wildman–Crippen LogP) is 5.49. The first-order valence-electron chi connectivity index (χ1n) is 13.4. The van der Waals surface area contributed by atoms with Crippen molar-refractivity contribution in [1.82, 2.24) is 10.2 Å². The quantitative estimate of drug-likeness (QED) is 0.270. The molecule has 3 rings (SSSR count). The summed E-state index contributed by atoms with van der Waals surface area (Å²) in [4.78, 5) is 29.8. The van der Waals surface area contributed by atoms with Gasteiger partial charge in [-0.25, -0.2) is 8.42 Å². The van der Waals surface area contributed by atoms with E-state index >= 15 is 0 Å². The van der Waals surface area contributed by atoms with Crippen molar-refractivity contribution < 1.29 is 18.0 Å². The van der Waals surface area contributed by atoms with Crippen LogP contribution in [-0.4, -0.2) is 50.5 Å². The Morgan fingerprint density at radius 3 is 2.10 bits per heavy atom. The molecule has 3 aromatic carbocycles. The maximum Gasteiger partial charge on any atom is 0.264 e. The van der Waals surface area contributed by atoms with Gasteiger partial charge in [-0.15, -0.1) is 11.8 Å². The predicted molar refractivity (Wildman–Crippen MR) is 163 cm³/mol. The largest absolute Gasteiger partial charge is 0.354 e. The standard InChI is InChI=1S/C31H39N3O4S2/c1-6-29(31(36)32-20-23(2)3)33(21-25-10-8-7-9-11-25)30(35)22-34(26-14-12-24(4)13-15-26)40(37,38)28-18-16-27(39-5)17-19-28/h7-19,23,29H,6,20-22H2,1-5H3,(H,32,36). The van der Waals surface area contributed by atoms with Crippen LogP contribution in [0.1, 0.15) is 38.3 Å². The average molecular weight is 582 g/mol. The summed E-state index contributed by atoms with van der Waals surface area (Å²) in [7, 11) is -4.09. The summed E-state index contributed by atoms with van der Waals surface area (Å²) in [6.45, 7) is 7.99. The number of hydrogen-bond donors (Lipinski definition) is 1. The summed E-state index contributed by atoms with van der Waals surface area (Å²) in [6, 6.07) is 22.3. The lowest BCUT2D eigenvalue weighted by Gasteiger charge is -2.33. The highest BCUT2D eigenvalue weighted by molar-refractivity contribution is 7.98. The van der Waals surface area contributed by atoms with Gasteiger partial charge in [0.2, 0.25) is 11.8 Å². The fourth-order valence-corrected chi connectivity index (χ4v) is 6.06. The van der Waals surface area contributed by atoms with E-state index in [0.29, 0.717) is 18.7 Å². The second-order valence-electron chi connectivity index (χ2n) is 10.1. The first kappa shape index (κ1) is 31.2. The number of benzene rings is 3. The van der Waals surface area contributed by atoms with Gasteiger partial charge in [0.05, 0.1) is 10.6 Å². The second kappa shape index (κ2) is 14.4. The summed E-state index contributed by atoms with van der Waals surface area (Å²) >= 11 is 1.52. The number of thioether (sulfide) groups is 1. The molecule has 40 heavy (non-hydrogen) atoms. The van der Waals surface area contributed by atoms with E-state index in [0.717, 1.165) is 20.3 Å². The maximum absolute atomic E-state index is 14.1. The molecule has 0 aliphatic carbocycles. The molecule has 3 aromatic rings. The van der Waals surface area contributed by atoms with Crippen molar-refractivity contribution in [2.75, 3.05) is 23.7 Å². The van der Waals surface area contributed by atoms with Crippen LogP contribution in [0.25, 0.3) is 0 Å². The molecular weight excluding hydrogens is 542 g/mol. The maximum atomic E-state index is 14.1. The molecule has 1 atom stereocenters. The number of nitrogens with one attached hydrogen (secondary N) is 1. The highest BCUT2D eigenvalue weighted by atomic mass is 32.2. The van der Waals surface area contributed by atoms with Crippen molar-refractivity contribution >= 4 is 39.3 Å². The lowest BCUT2D eigenvalue weighted by molar-refractivity contribution is -0.140. The zero-order chi connectivity index (χ0) is 29.3. The molecule has 0 saturated carbocycles. The second-order valence-corrected chi connectivity index (χ2v) is 12.8. The summed E-state index contributed by atoms with van der Waals surface area (Å²) < 4.78 is 29.0. The van der Waals surface area contributed by atoms with Crippen LogP contribution in [0, 0.1) is 12.8 Å². The Bertz CT molecular complexity index is 1360. The summed E-state index contributed by atoms with van der Waals surface area (Å²) in [5.41, 5.74) is 2.20. The molecule has 214 valence electrons. The number of anilines is 1. The zero-order valence-electron chi connectivity index (χ0n) is 23.8. The van der Waals surface area contributed by atoms with E-state index in [-0.39, 0.29) is 23.3 Å². The van der Waals surface area contributed by atoms with Gasteiger partial charge in [-0.3, -0.25) is 13.9 Å². The third kappa shape index (κ3) is 8.11. The molecule has 2 amide bonds. The van der Waals surface area contributed by atoms with Crippen LogP contribution >= 0.6 is 11.8 Å². The number of nitrogens with zero attached hydrogens (tertiary/aromatic N) is 2. The molecular formula is C31H39N3O4S2. The number of aryl methyl sites for hydroxylation is 1. The topological polar surface area (TPSA) is 86.8 Å². The summed E-state index contributed by atoms with van der Waals surface area (Å²) in [6.07, 6.45) is 2.31. The van der Waals surface area contributed by atoms with Gasteiger partial charge in [0.25, 0.3) is 10.0 Å². The van der Waals surface area contributed by atoms with E-state index in [1.54, 1.807) is 36.4 Å². The van der Waals surface area contributed by atoms with Crippen LogP contribution in [0.5, 0.6) is 0 Å². The minimum atomic E-state index is -4.09. The van der Waals surface area contributed by atoms with Crippen LogP contribution in [-0.2, 0) is 26.2 Å². The van der Waals surface area contributed by atoms with Crippen molar-refractivity contribution in [2.24, 2.45) is 5.92 Å². The van der Waals surface area contributed by atoms with Crippen molar-refractivity contribution in [2.45, 2.75) is 56.5 Å². The van der Waals surface area contributed by atoms with Crippen molar-refractivity contribution in [3.63, 3.8) is 0 Å². The van der Waals surface area contributed by atoms with Gasteiger partial charge in [-0.1, -0.05) is 68.8 Å². The highest BCUT2D eigenvalue weighted by Crippen LogP contribution is 2.26. The molecule has 0 spiro atoms. The Hall–Kier alpha value is -3.30. The molecule has 7 nitrogen and oxygen atoms in total. The zero-order valence-corrected chi connectivity index (χ0v) is 25.5. The van der Waals surface area contributed by atoms with E-state index < -0.39 is 28.5 Å². The normalized spacial score (nSPS) is 12.2. The fourth-order valence-electron chi connectivity index (χ4n) is 4.24. The van der Waals surface area contributed by atoms with Crippen LogP contribution in [0.2, 0.25) is 0 Å². The SMILES string of the molecule is CCC(C(=O)NCC(C)C)N(Cc1ccccc1)C(=O)CN(c1ccc(C)cc1)S(=O)(=O)c1ccc(SC)cc1. The minimum Gasteiger partial charge on any atom is -0.354 e. The van der Waals surface area contributed by atoms with Crippen molar-refractivity contribution in [3.8, 4) is 0 Å². The monoisotopic (exact) mass is 581 g/mol. The lowest BCUT2D eigenvalue weighted by Crippen LogP contribution is -2.52. The molecule has 0 aliphatic rings. The summed E-state index contributed by atoms with van der Waals surface area (Å²) in [5, 5.41) is 2.95. The number of amides is 2. The van der Waals surface area contributed by atoms with Gasteiger partial charge in [0.15, 0.2) is 0 Å². The Labute approximate surface area is 243 Å². The number of sulfonamides is 1. The molecule has 0 bridgehead atoms. The van der Waals surface area contributed by atoms with Crippen LogP contribution in [0.4, 0.5) is 5.69 Å². The van der Waals surface area contributed by atoms with Crippen LogP contribution in [0.3, 0.4) is 0 Å². The number of carbonyl (C=O) groups is 2. The first-order chi connectivity index (χ1) is 19.1. The third-order valence-corrected chi connectivity index (χ3v) is 9.05. The molecule has 1 N–H and O–H groups in total. The molecule has 0 heterocycles. The average Bonchev–Trinajstić information content (AvgIpc) is 2.95. The van der Waals surface area contributed by atoms with E-state index in [2.05, 4.69) is 5.32 Å². The highest BCUT2D eigenvalue weighted by Gasteiger charge is 2.33. The Kier molecular flexibility index (Phi) is 11.2. The van der Waals surface area contributed by atoms with Gasteiger partial charge in [0.1, 0.15) is 12.6 Å². The van der Waals surface area contributed by atoms with Gasteiger partial charge in [0, 0.05) is 18.0 Å². The van der Waals surface area contributed by atoms with Gasteiger partial charge in [-0.05, 0) is 67.5 Å². The van der Waals surface area contributed by atoms with E-state index in [1.807, 2.05) is 76.4 Å². The van der Waals surface area contributed by atoms with Crippen LogP contribution in [0.15, 0.2) is 88.7 Å². The molecule has 0 aliphatic heterocycles. The van der Waals surface area contributed by atoms with Gasteiger partial charge >= 0.3 is 0 Å². The number of hydrogen-bond acceptors (Lipinski definition) is 5. The van der Waals surface area contributed by atoms with Crippen molar-refractivity contribution in [1.29, 1.82) is 0 Å². The molecule has 0 aromatic heterocycles. The molecule has 0 fully saturated rings. The van der Waals surface area contributed by atoms with Crippen molar-refractivity contribution in [3.05, 3.63) is 90.0 Å². The van der Waals surface area contributed by atoms with E-state index in [4.69, 9.17) is 0 Å². The van der Waals surface area contributed by atoms with Gasteiger partial charge in [-0.2, -0.15) is 0 Å². The van der Waals surface area contributed by atoms with Gasteiger partial charge < -0.3 is 10.2 Å². The Balaban J connectivity index is 2.02. The van der Waals surface area contributed by atoms with Crippen LogP contribution < -0.4 is 9.62 Å². The third-order valence-electron chi connectivity index (χ3n) is 6.51. The number of rotatable bonds is 13. The molecule has 1 unspecified atom stereocenters. The first-order valence-corrected chi connectivity index (χ1v) is 16.1. The number of carbonyl (C=O) groups excluding carboxylic acids is 2. The fraction of sp³-hybridized carbons (Fsp3) is 0.355. The minimum absolute atomic E-state index is 0.0926. The molecule has 0 radical (unpaired) electrons. The molecule has 9 heteroatoms.